The molecule has 0 aliphatic heterocycles. The Labute approximate surface area is 192 Å². The number of benzene rings is 2. The number of esters is 1. The average Bonchev–Trinajstić information content (AvgIpc) is 2.85. The fraction of sp³-hybridized carbons (Fsp3) is 0.231. The summed E-state index contributed by atoms with van der Waals surface area (Å²) in [4.78, 5) is 25.0. The number of aliphatic hydroxyl groups is 2. The lowest BCUT2D eigenvalue weighted by Gasteiger charge is -2.40. The van der Waals surface area contributed by atoms with Gasteiger partial charge in [-0.05, 0) is 24.1 Å². The average molecular weight is 450 g/mol. The summed E-state index contributed by atoms with van der Waals surface area (Å²) < 4.78 is 16.6. The van der Waals surface area contributed by atoms with Crippen LogP contribution in [0.4, 0.5) is 0 Å². The van der Waals surface area contributed by atoms with Crippen LogP contribution in [0.3, 0.4) is 0 Å². The number of Topliss-reactive ketones (excluding diaryl/α,β-unsaturated/α-hetero) is 1. The van der Waals surface area contributed by atoms with Gasteiger partial charge in [0.25, 0.3) is 0 Å². The van der Waals surface area contributed by atoms with Gasteiger partial charge in [0.05, 0.1) is 5.57 Å². The van der Waals surface area contributed by atoms with Gasteiger partial charge in [-0.15, -0.1) is 0 Å². The van der Waals surface area contributed by atoms with Gasteiger partial charge in [0.2, 0.25) is 5.79 Å². The maximum absolute atomic E-state index is 13.2. The van der Waals surface area contributed by atoms with Crippen LogP contribution in [0.5, 0.6) is 5.75 Å². The molecule has 7 heteroatoms. The van der Waals surface area contributed by atoms with Crippen molar-refractivity contribution < 1.29 is 34.0 Å². The van der Waals surface area contributed by atoms with Crippen LogP contribution in [0.2, 0.25) is 0 Å². The summed E-state index contributed by atoms with van der Waals surface area (Å²) in [6, 6.07) is 13.4. The Hall–Kier alpha value is -3.52. The van der Waals surface area contributed by atoms with Crippen molar-refractivity contribution in [2.24, 2.45) is 0 Å². The molecule has 2 aromatic rings. The lowest BCUT2D eigenvalue weighted by molar-refractivity contribution is -0.215. The second-order valence-electron chi connectivity index (χ2n) is 7.29. The monoisotopic (exact) mass is 450 g/mol. The molecule has 172 valence electrons. The number of aliphatic hydroxyl groups excluding tert-OH is 2. The molecule has 3 rings (SSSR count). The molecule has 1 aliphatic rings. The molecule has 7 nitrogen and oxygen atoms in total. The zero-order valence-electron chi connectivity index (χ0n) is 18.7. The maximum Gasteiger partial charge on any atom is 0.335 e. The van der Waals surface area contributed by atoms with E-state index in [2.05, 4.69) is 6.58 Å². The zero-order chi connectivity index (χ0) is 24.2. The quantitative estimate of drug-likeness (QED) is 0.207. The molecule has 0 amide bonds. The highest BCUT2D eigenvalue weighted by molar-refractivity contribution is 6.12. The molecule has 0 aromatic heterocycles. The molecule has 1 atom stereocenters. The SMILES string of the molecule is C=CC(=O)Oc1cccc(C2=CC(C(=O)c3ccccc3)=C(O)C(O)C2(OC)OC)c1CC. The predicted molar refractivity (Wildman–Crippen MR) is 123 cm³/mol. The van der Waals surface area contributed by atoms with Crippen molar-refractivity contribution in [3.05, 3.63) is 95.3 Å². The van der Waals surface area contributed by atoms with Gasteiger partial charge in [0.1, 0.15) is 11.5 Å². The first kappa shape index (κ1) is 24.1. The minimum absolute atomic E-state index is 0.0935. The number of ketones is 1. The molecule has 0 fully saturated rings. The Morgan fingerprint density at radius 3 is 2.33 bits per heavy atom. The minimum Gasteiger partial charge on any atom is -0.509 e. The van der Waals surface area contributed by atoms with Crippen LogP contribution in [-0.4, -0.2) is 48.1 Å². The first-order valence-corrected chi connectivity index (χ1v) is 10.3. The maximum atomic E-state index is 13.2. The highest BCUT2D eigenvalue weighted by Crippen LogP contribution is 2.44. The van der Waals surface area contributed by atoms with E-state index in [1.807, 2.05) is 6.92 Å². The molecule has 1 aliphatic carbocycles. The van der Waals surface area contributed by atoms with Crippen molar-refractivity contribution in [1.29, 1.82) is 0 Å². The number of allylic oxidation sites excluding steroid dienone is 2. The summed E-state index contributed by atoms with van der Waals surface area (Å²) in [6.07, 6.45) is 1.25. The number of carbonyl (C=O) groups is 2. The number of methoxy groups -OCH3 is 2. The van der Waals surface area contributed by atoms with Gasteiger partial charge in [-0.1, -0.05) is 56.0 Å². The van der Waals surface area contributed by atoms with Crippen molar-refractivity contribution in [3.8, 4) is 5.75 Å². The van der Waals surface area contributed by atoms with Gasteiger partial charge in [0.15, 0.2) is 11.9 Å². The Morgan fingerprint density at radius 1 is 1.09 bits per heavy atom. The third-order valence-electron chi connectivity index (χ3n) is 5.60. The van der Waals surface area contributed by atoms with Gasteiger partial charge < -0.3 is 24.4 Å². The standard InChI is InChI=1S/C26H26O7/c1-5-17-18(13-10-14-21(17)33-22(27)6-2)20-15-19(23(28)16-11-8-7-9-12-16)24(29)25(30)26(20,31-3)32-4/h6-15,25,29-30H,2,5H2,1,3-4H3. The van der Waals surface area contributed by atoms with E-state index in [4.69, 9.17) is 14.2 Å². The van der Waals surface area contributed by atoms with Crippen molar-refractivity contribution >= 4 is 17.3 Å². The summed E-state index contributed by atoms with van der Waals surface area (Å²) in [5.74, 6) is -3.18. The van der Waals surface area contributed by atoms with Crippen LogP contribution in [0.25, 0.3) is 5.57 Å². The first-order chi connectivity index (χ1) is 15.8. The topological polar surface area (TPSA) is 102 Å². The van der Waals surface area contributed by atoms with Gasteiger partial charge in [-0.2, -0.15) is 0 Å². The number of carbonyl (C=O) groups excluding carboxylic acids is 2. The summed E-state index contributed by atoms with van der Waals surface area (Å²) in [5, 5.41) is 21.8. The first-order valence-electron chi connectivity index (χ1n) is 10.3. The number of hydrogen-bond donors (Lipinski definition) is 2. The Bertz CT molecular complexity index is 1120. The number of rotatable bonds is 8. The largest absolute Gasteiger partial charge is 0.509 e. The van der Waals surface area contributed by atoms with E-state index in [0.29, 0.717) is 34.4 Å². The van der Waals surface area contributed by atoms with E-state index in [9.17, 15) is 19.8 Å². The second-order valence-corrected chi connectivity index (χ2v) is 7.29. The third-order valence-corrected chi connectivity index (χ3v) is 5.60. The molecule has 0 radical (unpaired) electrons. The molecular formula is C26H26O7. The zero-order valence-corrected chi connectivity index (χ0v) is 18.7. The molecule has 0 bridgehead atoms. The molecule has 2 aromatic carbocycles. The van der Waals surface area contributed by atoms with Crippen LogP contribution in [0, 0.1) is 0 Å². The van der Waals surface area contributed by atoms with Crippen LogP contribution in [0.1, 0.15) is 28.4 Å². The molecule has 33 heavy (non-hydrogen) atoms. The number of ether oxygens (including phenoxy) is 3. The van der Waals surface area contributed by atoms with E-state index >= 15 is 0 Å². The van der Waals surface area contributed by atoms with Crippen LogP contribution >= 0.6 is 0 Å². The molecule has 0 saturated heterocycles. The van der Waals surface area contributed by atoms with Gasteiger partial charge in [0, 0.05) is 37.0 Å². The van der Waals surface area contributed by atoms with Crippen molar-refractivity contribution in [2.75, 3.05) is 14.2 Å². The molecule has 2 N–H and O–H groups in total. The fourth-order valence-electron chi connectivity index (χ4n) is 3.94. The smallest absolute Gasteiger partial charge is 0.335 e. The Kier molecular flexibility index (Phi) is 7.28. The summed E-state index contributed by atoms with van der Waals surface area (Å²) in [7, 11) is 2.65. The Morgan fingerprint density at radius 2 is 1.76 bits per heavy atom. The number of hydrogen-bond acceptors (Lipinski definition) is 7. The van der Waals surface area contributed by atoms with Gasteiger partial charge in [-0.25, -0.2) is 4.79 Å². The van der Waals surface area contributed by atoms with E-state index in [0.717, 1.165) is 6.08 Å². The predicted octanol–water partition coefficient (Wildman–Crippen LogP) is 3.78. The van der Waals surface area contributed by atoms with Crippen molar-refractivity contribution in [3.63, 3.8) is 0 Å². The summed E-state index contributed by atoms with van der Waals surface area (Å²) in [6.45, 7) is 5.29. The van der Waals surface area contributed by atoms with E-state index in [1.54, 1.807) is 48.5 Å². The molecule has 1 unspecified atom stereocenters. The second kappa shape index (κ2) is 9.95. The Balaban J connectivity index is 2.26. The highest BCUT2D eigenvalue weighted by atomic mass is 16.7. The summed E-state index contributed by atoms with van der Waals surface area (Å²) in [5.41, 5.74) is 1.70. The van der Waals surface area contributed by atoms with Gasteiger partial charge in [-0.3, -0.25) is 4.79 Å². The molecular weight excluding hydrogens is 424 g/mol. The minimum atomic E-state index is -1.81. The van der Waals surface area contributed by atoms with Crippen LogP contribution in [0.15, 0.2) is 78.6 Å². The highest BCUT2D eigenvalue weighted by Gasteiger charge is 2.50. The molecule has 0 saturated carbocycles. The summed E-state index contributed by atoms with van der Waals surface area (Å²) >= 11 is 0. The molecule has 0 heterocycles. The van der Waals surface area contributed by atoms with Crippen LogP contribution in [-0.2, 0) is 20.7 Å². The lowest BCUT2D eigenvalue weighted by Crippen LogP contribution is -2.50. The van der Waals surface area contributed by atoms with E-state index in [-0.39, 0.29) is 5.57 Å². The lowest BCUT2D eigenvalue weighted by atomic mass is 9.81. The normalized spacial score (nSPS) is 17.3. The fourth-order valence-corrected chi connectivity index (χ4v) is 3.94. The van der Waals surface area contributed by atoms with Crippen molar-refractivity contribution in [1.82, 2.24) is 0 Å². The van der Waals surface area contributed by atoms with Gasteiger partial charge >= 0.3 is 5.97 Å². The van der Waals surface area contributed by atoms with Crippen LogP contribution < -0.4 is 4.74 Å². The third kappa shape index (κ3) is 4.26. The van der Waals surface area contributed by atoms with Crippen molar-refractivity contribution in [2.45, 2.75) is 25.2 Å². The van der Waals surface area contributed by atoms with E-state index < -0.39 is 29.4 Å². The molecule has 0 spiro atoms. The van der Waals surface area contributed by atoms with E-state index in [1.165, 1.54) is 20.3 Å².